The lowest BCUT2D eigenvalue weighted by atomic mass is 9.91. The van der Waals surface area contributed by atoms with E-state index in [1.54, 1.807) is 0 Å². The molecule has 1 aliphatic carbocycles. The van der Waals surface area contributed by atoms with Crippen molar-refractivity contribution >= 4 is 16.7 Å². The van der Waals surface area contributed by atoms with Gasteiger partial charge in [-0.05, 0) is 19.8 Å². The van der Waals surface area contributed by atoms with Crippen LogP contribution in [-0.2, 0) is 0 Å². The van der Waals surface area contributed by atoms with Crippen LogP contribution in [0.5, 0.6) is 0 Å². The molecule has 1 aliphatic rings. The average molecular weight is 212 g/mol. The van der Waals surface area contributed by atoms with E-state index in [0.29, 0.717) is 6.04 Å². The average Bonchev–Trinajstić information content (AvgIpc) is 2.56. The number of nitrogens with two attached hydrogens (primary N) is 1. The largest absolute Gasteiger partial charge is 0.356 e. The van der Waals surface area contributed by atoms with Crippen LogP contribution in [0.2, 0.25) is 0 Å². The van der Waals surface area contributed by atoms with Crippen LogP contribution in [0, 0.1) is 6.92 Å². The molecule has 14 heavy (non-hydrogen) atoms. The Hall–Kier alpha value is -0.680. The fourth-order valence-corrected chi connectivity index (χ4v) is 2.49. The highest BCUT2D eigenvalue weighted by atomic mass is 32.1. The fourth-order valence-electron chi connectivity index (χ4n) is 1.85. The molecule has 0 saturated heterocycles. The number of aromatic nitrogens is 2. The van der Waals surface area contributed by atoms with E-state index >= 15 is 0 Å². The molecular weight excluding hydrogens is 196 g/mol. The highest BCUT2D eigenvalue weighted by molar-refractivity contribution is 7.09. The van der Waals surface area contributed by atoms with E-state index in [9.17, 15) is 0 Å². The van der Waals surface area contributed by atoms with Crippen molar-refractivity contribution in [3.63, 3.8) is 0 Å². The molecule has 78 valence electrons. The van der Waals surface area contributed by atoms with Crippen molar-refractivity contribution in [3.05, 3.63) is 5.82 Å². The van der Waals surface area contributed by atoms with Crippen LogP contribution < -0.4 is 11.1 Å². The first-order chi connectivity index (χ1) is 6.75. The zero-order valence-corrected chi connectivity index (χ0v) is 9.18. The lowest BCUT2D eigenvalue weighted by Gasteiger charge is -2.28. The maximum absolute atomic E-state index is 6.03. The summed E-state index contributed by atoms with van der Waals surface area (Å²) in [5.74, 6) is 0.835. The number of aryl methyl sites for hydroxylation is 1. The minimum absolute atomic E-state index is 0.271. The zero-order chi connectivity index (χ0) is 9.97. The maximum atomic E-state index is 6.03. The second-order valence-corrected chi connectivity index (χ2v) is 4.60. The molecule has 0 amide bonds. The Morgan fingerprint density at radius 1 is 1.43 bits per heavy atom. The summed E-state index contributed by atoms with van der Waals surface area (Å²) >= 11 is 1.42. The van der Waals surface area contributed by atoms with Gasteiger partial charge in [0.1, 0.15) is 5.82 Å². The van der Waals surface area contributed by atoms with Crippen LogP contribution in [0.4, 0.5) is 5.13 Å². The molecule has 4 nitrogen and oxygen atoms in total. The highest BCUT2D eigenvalue weighted by Gasteiger charge is 2.22. The van der Waals surface area contributed by atoms with E-state index in [-0.39, 0.29) is 6.04 Å². The summed E-state index contributed by atoms with van der Waals surface area (Å²) in [5, 5.41) is 4.28. The molecule has 0 spiro atoms. The standard InChI is InChI=1S/C9H16N4S/c1-6-11-9(14-13-6)12-8-5-3-2-4-7(8)10/h7-8H,2-5,10H2,1H3,(H,11,12,13). The minimum atomic E-state index is 0.271. The normalized spacial score (nSPS) is 27.6. The number of nitrogens with zero attached hydrogens (tertiary/aromatic N) is 2. The van der Waals surface area contributed by atoms with Crippen molar-refractivity contribution in [2.24, 2.45) is 5.73 Å². The van der Waals surface area contributed by atoms with E-state index in [0.717, 1.165) is 23.8 Å². The predicted molar refractivity (Wildman–Crippen MR) is 58.5 cm³/mol. The highest BCUT2D eigenvalue weighted by Crippen LogP contribution is 2.21. The smallest absolute Gasteiger partial charge is 0.202 e. The Bertz CT molecular complexity index is 299. The zero-order valence-electron chi connectivity index (χ0n) is 8.36. The molecule has 1 heterocycles. The quantitative estimate of drug-likeness (QED) is 0.780. The molecule has 0 radical (unpaired) electrons. The fraction of sp³-hybridized carbons (Fsp3) is 0.778. The van der Waals surface area contributed by atoms with Crippen LogP contribution in [0.3, 0.4) is 0 Å². The summed E-state index contributed by atoms with van der Waals surface area (Å²) in [7, 11) is 0. The molecular formula is C9H16N4S. The number of nitrogens with one attached hydrogen (secondary N) is 1. The lowest BCUT2D eigenvalue weighted by Crippen LogP contribution is -2.42. The lowest BCUT2D eigenvalue weighted by molar-refractivity contribution is 0.404. The van der Waals surface area contributed by atoms with Crippen LogP contribution in [0.25, 0.3) is 0 Å². The molecule has 1 aromatic heterocycles. The molecule has 2 rings (SSSR count). The van der Waals surface area contributed by atoms with E-state index in [4.69, 9.17) is 5.73 Å². The summed E-state index contributed by atoms with van der Waals surface area (Å²) in [5.41, 5.74) is 6.03. The minimum Gasteiger partial charge on any atom is -0.356 e. The first-order valence-electron chi connectivity index (χ1n) is 5.08. The van der Waals surface area contributed by atoms with Gasteiger partial charge in [-0.15, -0.1) is 0 Å². The van der Waals surface area contributed by atoms with Gasteiger partial charge < -0.3 is 11.1 Å². The monoisotopic (exact) mass is 212 g/mol. The SMILES string of the molecule is Cc1nsc(NC2CCCCC2N)n1. The van der Waals surface area contributed by atoms with Gasteiger partial charge in [-0.3, -0.25) is 0 Å². The molecule has 1 fully saturated rings. The number of hydrogen-bond acceptors (Lipinski definition) is 5. The Kier molecular flexibility index (Phi) is 2.98. The Morgan fingerprint density at radius 3 is 2.86 bits per heavy atom. The molecule has 0 aromatic carbocycles. The molecule has 1 saturated carbocycles. The molecule has 5 heteroatoms. The summed E-state index contributed by atoms with van der Waals surface area (Å²) in [4.78, 5) is 4.28. The van der Waals surface area contributed by atoms with E-state index in [1.165, 1.54) is 24.4 Å². The Labute approximate surface area is 88.1 Å². The molecule has 2 atom stereocenters. The van der Waals surface area contributed by atoms with Crippen LogP contribution in [-0.4, -0.2) is 21.4 Å². The number of rotatable bonds is 2. The summed E-state index contributed by atoms with van der Waals surface area (Å²) in [6.07, 6.45) is 4.80. The number of hydrogen-bond donors (Lipinski definition) is 2. The van der Waals surface area contributed by atoms with Crippen LogP contribution in [0.15, 0.2) is 0 Å². The van der Waals surface area contributed by atoms with Crippen LogP contribution >= 0.6 is 11.5 Å². The van der Waals surface area contributed by atoms with Gasteiger partial charge >= 0.3 is 0 Å². The van der Waals surface area contributed by atoms with Crippen molar-refractivity contribution in [3.8, 4) is 0 Å². The van der Waals surface area contributed by atoms with Gasteiger partial charge in [-0.25, -0.2) is 4.98 Å². The van der Waals surface area contributed by atoms with Crippen molar-refractivity contribution in [2.45, 2.75) is 44.7 Å². The van der Waals surface area contributed by atoms with Crippen LogP contribution in [0.1, 0.15) is 31.5 Å². The molecule has 2 unspecified atom stereocenters. The third-order valence-electron chi connectivity index (χ3n) is 2.66. The summed E-state index contributed by atoms with van der Waals surface area (Å²) < 4.78 is 4.13. The van der Waals surface area contributed by atoms with Gasteiger partial charge in [0.25, 0.3) is 0 Å². The van der Waals surface area contributed by atoms with Gasteiger partial charge in [0.05, 0.1) is 0 Å². The Balaban J connectivity index is 1.95. The first-order valence-corrected chi connectivity index (χ1v) is 5.85. The third-order valence-corrected chi connectivity index (χ3v) is 3.39. The summed E-state index contributed by atoms with van der Waals surface area (Å²) in [6, 6.07) is 0.657. The van der Waals surface area contributed by atoms with Gasteiger partial charge in [0.2, 0.25) is 5.13 Å². The van der Waals surface area contributed by atoms with E-state index in [1.807, 2.05) is 6.92 Å². The molecule has 0 bridgehead atoms. The first kappa shape index (κ1) is 9.86. The van der Waals surface area contributed by atoms with Gasteiger partial charge in [0.15, 0.2) is 0 Å². The predicted octanol–water partition coefficient (Wildman–Crippen LogP) is 1.53. The second-order valence-electron chi connectivity index (χ2n) is 3.85. The summed E-state index contributed by atoms with van der Waals surface area (Å²) in [6.45, 7) is 1.91. The second kappa shape index (κ2) is 4.23. The molecule has 0 aliphatic heterocycles. The topological polar surface area (TPSA) is 63.8 Å². The molecule has 1 aromatic rings. The van der Waals surface area contributed by atoms with Crippen molar-refractivity contribution < 1.29 is 0 Å². The maximum Gasteiger partial charge on any atom is 0.202 e. The van der Waals surface area contributed by atoms with E-state index < -0.39 is 0 Å². The van der Waals surface area contributed by atoms with Crippen molar-refractivity contribution in [1.29, 1.82) is 0 Å². The van der Waals surface area contributed by atoms with Crippen molar-refractivity contribution in [2.75, 3.05) is 5.32 Å². The Morgan fingerprint density at radius 2 is 2.21 bits per heavy atom. The van der Waals surface area contributed by atoms with E-state index in [2.05, 4.69) is 14.7 Å². The number of anilines is 1. The van der Waals surface area contributed by atoms with Gasteiger partial charge in [0, 0.05) is 23.6 Å². The van der Waals surface area contributed by atoms with Gasteiger partial charge in [-0.2, -0.15) is 4.37 Å². The molecule has 3 N–H and O–H groups in total. The van der Waals surface area contributed by atoms with Crippen molar-refractivity contribution in [1.82, 2.24) is 9.36 Å². The van der Waals surface area contributed by atoms with Gasteiger partial charge in [-0.1, -0.05) is 12.8 Å². The third kappa shape index (κ3) is 2.22.